The number of thiophene rings is 1. The molecule has 4 rings (SSSR count). The van der Waals surface area contributed by atoms with E-state index in [-0.39, 0.29) is 15.7 Å². The number of amides is 2. The maximum Gasteiger partial charge on any atom is 0.490 e. The van der Waals surface area contributed by atoms with Crippen LogP contribution < -0.4 is 16.4 Å². The van der Waals surface area contributed by atoms with Crippen LogP contribution in [0, 0.1) is 0 Å². The lowest BCUT2D eigenvalue weighted by atomic mass is 9.99. The lowest BCUT2D eigenvalue weighted by molar-refractivity contribution is -0.192. The molecule has 1 aromatic heterocycles. The van der Waals surface area contributed by atoms with Gasteiger partial charge in [-0.05, 0) is 61.1 Å². The Hall–Kier alpha value is -4.28. The fourth-order valence-corrected chi connectivity index (χ4v) is 6.99. The van der Waals surface area contributed by atoms with Gasteiger partial charge in [-0.3, -0.25) is 19.3 Å². The maximum absolute atomic E-state index is 12.6. The summed E-state index contributed by atoms with van der Waals surface area (Å²) in [5.41, 5.74) is 13.4. The summed E-state index contributed by atoms with van der Waals surface area (Å²) in [7, 11) is -3.37. The van der Waals surface area contributed by atoms with Gasteiger partial charge in [0.2, 0.25) is 0 Å². The van der Waals surface area contributed by atoms with Gasteiger partial charge in [-0.1, -0.05) is 30.3 Å². The fraction of sp³-hybridized carbons (Fsp3) is 0.286. The number of aryl methyl sites for hydroxylation is 1. The number of rotatable bonds is 7. The van der Waals surface area contributed by atoms with Crippen molar-refractivity contribution in [3.05, 3.63) is 81.0 Å². The Morgan fingerprint density at radius 3 is 2.07 bits per heavy atom. The first-order valence-electron chi connectivity index (χ1n) is 12.8. The summed E-state index contributed by atoms with van der Waals surface area (Å²) in [6.07, 6.45) is -0.326. The van der Waals surface area contributed by atoms with Crippen LogP contribution in [0.25, 0.3) is 0 Å². The molecule has 0 aliphatic heterocycles. The first kappa shape index (κ1) is 35.9. The van der Waals surface area contributed by atoms with Crippen LogP contribution in [0.5, 0.6) is 0 Å². The number of carbonyl (C=O) groups is 4. The van der Waals surface area contributed by atoms with Gasteiger partial charge in [-0.25, -0.2) is 13.2 Å². The van der Waals surface area contributed by atoms with E-state index < -0.39 is 40.4 Å². The normalized spacial score (nSPS) is 12.4. The van der Waals surface area contributed by atoms with Crippen molar-refractivity contribution in [2.45, 2.75) is 43.3 Å². The van der Waals surface area contributed by atoms with Crippen molar-refractivity contribution in [1.29, 1.82) is 0 Å². The van der Waals surface area contributed by atoms with E-state index in [1.54, 1.807) is 42.5 Å². The number of aliphatic carboxylic acids is 2. The van der Waals surface area contributed by atoms with Crippen LogP contribution in [0.4, 0.5) is 18.9 Å². The summed E-state index contributed by atoms with van der Waals surface area (Å²) in [6, 6.07) is 15.6. The van der Waals surface area contributed by atoms with E-state index in [2.05, 4.69) is 0 Å². The number of primary amides is 1. The van der Waals surface area contributed by atoms with E-state index in [0.717, 1.165) is 47.9 Å². The maximum atomic E-state index is 12.6. The molecule has 1 aliphatic rings. The lowest BCUT2D eigenvalue weighted by Crippen LogP contribution is -2.35. The van der Waals surface area contributed by atoms with Gasteiger partial charge in [-0.15, -0.1) is 11.3 Å². The minimum absolute atomic E-state index is 0.180. The summed E-state index contributed by atoms with van der Waals surface area (Å²) < 4.78 is 55.1. The SMILES string of the molecule is CS(=O)(=O)c1c(C(N)=O)sc2c1CCCC2.NCc1cccc(C(=O)N(CC(=O)O)c2ccccc2)c1.O=C(O)C(F)(F)F. The molecule has 0 unspecified atom stereocenters. The highest BCUT2D eigenvalue weighted by molar-refractivity contribution is 7.91. The number of hydrogen-bond donors (Lipinski definition) is 4. The average Bonchev–Trinajstić information content (AvgIpc) is 3.37. The summed E-state index contributed by atoms with van der Waals surface area (Å²) >= 11 is 1.24. The quantitative estimate of drug-likeness (QED) is 0.293. The number of carbonyl (C=O) groups excluding carboxylic acids is 2. The van der Waals surface area contributed by atoms with Crippen molar-refractivity contribution in [2.75, 3.05) is 17.7 Å². The summed E-state index contributed by atoms with van der Waals surface area (Å²) in [5, 5.41) is 16.2. The number of carboxylic acids is 2. The van der Waals surface area contributed by atoms with Gasteiger partial charge in [0, 0.05) is 28.9 Å². The number of halogens is 3. The number of carboxylic acid groups (broad SMARTS) is 2. The number of sulfone groups is 1. The van der Waals surface area contributed by atoms with E-state index in [1.165, 1.54) is 16.2 Å². The number of benzene rings is 2. The van der Waals surface area contributed by atoms with Gasteiger partial charge < -0.3 is 21.7 Å². The third-order valence-corrected chi connectivity index (χ3v) is 8.60. The number of hydrogen-bond acceptors (Lipinski definition) is 8. The van der Waals surface area contributed by atoms with E-state index >= 15 is 0 Å². The van der Waals surface area contributed by atoms with E-state index in [4.69, 9.17) is 26.5 Å². The Kier molecular flexibility index (Phi) is 12.6. The predicted octanol–water partition coefficient (Wildman–Crippen LogP) is 3.64. The highest BCUT2D eigenvalue weighted by Gasteiger charge is 2.38. The topological polar surface area (TPSA) is 198 Å². The molecule has 0 radical (unpaired) electrons. The predicted molar refractivity (Wildman–Crippen MR) is 156 cm³/mol. The standard InChI is InChI=1S/C16H16N2O3.C10H13NO3S2.C2HF3O2/c17-10-12-5-4-6-13(9-12)16(21)18(11-15(19)20)14-7-2-1-3-8-14;1-16(13,14)9-6-4-2-3-5-7(6)15-8(9)10(11)12;3-2(4,5)1(6)7/h1-9H,10-11,17H2,(H,19,20);2-5H2,1H3,(H2,11,12);(H,6,7). The molecule has 0 bridgehead atoms. The molecule has 2 amide bonds. The lowest BCUT2D eigenvalue weighted by Gasteiger charge is -2.21. The zero-order valence-corrected chi connectivity index (χ0v) is 25.0. The van der Waals surface area contributed by atoms with Crippen molar-refractivity contribution < 1.29 is 51.0 Å². The van der Waals surface area contributed by atoms with Crippen LogP contribution in [0.2, 0.25) is 0 Å². The second-order valence-electron chi connectivity index (χ2n) is 9.33. The molecule has 1 aliphatic carbocycles. The van der Waals surface area contributed by atoms with Gasteiger partial charge in [0.05, 0.1) is 4.90 Å². The first-order valence-corrected chi connectivity index (χ1v) is 15.5. The van der Waals surface area contributed by atoms with Crippen molar-refractivity contribution in [1.82, 2.24) is 0 Å². The zero-order chi connectivity index (χ0) is 33.2. The van der Waals surface area contributed by atoms with E-state index in [1.807, 2.05) is 12.1 Å². The molecule has 0 atom stereocenters. The Balaban J connectivity index is 0.000000259. The van der Waals surface area contributed by atoms with Crippen LogP contribution >= 0.6 is 11.3 Å². The molecule has 0 saturated carbocycles. The first-order chi connectivity index (χ1) is 20.5. The van der Waals surface area contributed by atoms with Crippen LogP contribution in [0.3, 0.4) is 0 Å². The van der Waals surface area contributed by atoms with Crippen LogP contribution in [0.15, 0.2) is 59.5 Å². The van der Waals surface area contributed by atoms with Crippen molar-refractivity contribution in [3.63, 3.8) is 0 Å². The number of anilines is 1. The highest BCUT2D eigenvalue weighted by atomic mass is 32.2. The number of nitrogens with zero attached hydrogens (tertiary/aromatic N) is 1. The van der Waals surface area contributed by atoms with Crippen molar-refractivity contribution in [3.8, 4) is 0 Å². The summed E-state index contributed by atoms with van der Waals surface area (Å²) in [4.78, 5) is 46.4. The van der Waals surface area contributed by atoms with Gasteiger partial charge in [0.25, 0.3) is 11.8 Å². The molecule has 16 heteroatoms. The molecular formula is C28H30F3N3O8S2. The molecular weight excluding hydrogens is 627 g/mol. The molecule has 2 aromatic carbocycles. The van der Waals surface area contributed by atoms with Gasteiger partial charge in [-0.2, -0.15) is 13.2 Å². The Morgan fingerprint density at radius 2 is 1.57 bits per heavy atom. The molecule has 0 spiro atoms. The molecule has 3 aromatic rings. The molecule has 44 heavy (non-hydrogen) atoms. The molecule has 1 heterocycles. The monoisotopic (exact) mass is 657 g/mol. The second kappa shape index (κ2) is 15.4. The minimum atomic E-state index is -5.08. The number of fused-ring (bicyclic) bond motifs is 1. The molecule has 6 N–H and O–H groups in total. The van der Waals surface area contributed by atoms with Crippen LogP contribution in [-0.4, -0.2) is 61.4 Å². The zero-order valence-electron chi connectivity index (χ0n) is 23.3. The van der Waals surface area contributed by atoms with Crippen LogP contribution in [-0.2, 0) is 38.8 Å². The average molecular weight is 658 g/mol. The third kappa shape index (κ3) is 10.2. The van der Waals surface area contributed by atoms with Gasteiger partial charge in [0.1, 0.15) is 11.4 Å². The highest BCUT2D eigenvalue weighted by Crippen LogP contribution is 2.37. The van der Waals surface area contributed by atoms with Crippen molar-refractivity contribution >= 4 is 50.6 Å². The van der Waals surface area contributed by atoms with E-state index in [9.17, 15) is 36.0 Å². The molecule has 238 valence electrons. The minimum Gasteiger partial charge on any atom is -0.480 e. The van der Waals surface area contributed by atoms with Gasteiger partial charge >= 0.3 is 18.1 Å². The van der Waals surface area contributed by atoms with E-state index in [0.29, 0.717) is 17.8 Å². The van der Waals surface area contributed by atoms with Crippen molar-refractivity contribution in [2.24, 2.45) is 11.5 Å². The Labute approximate surface area is 254 Å². The molecule has 0 fully saturated rings. The number of nitrogens with two attached hydrogens (primary N) is 2. The summed E-state index contributed by atoms with van der Waals surface area (Å²) in [5.74, 6) is -4.83. The summed E-state index contributed by atoms with van der Waals surface area (Å²) in [6.45, 7) is -0.0684. The largest absolute Gasteiger partial charge is 0.490 e. The second-order valence-corrected chi connectivity index (χ2v) is 12.4. The Morgan fingerprint density at radius 1 is 0.977 bits per heavy atom. The van der Waals surface area contributed by atoms with Gasteiger partial charge in [0.15, 0.2) is 9.84 Å². The number of para-hydroxylation sites is 1. The molecule has 11 nitrogen and oxygen atoms in total. The molecule has 0 saturated heterocycles. The Bertz CT molecular complexity index is 1610. The van der Waals surface area contributed by atoms with Crippen LogP contribution in [0.1, 0.15) is 48.9 Å². The fourth-order valence-electron chi connectivity index (χ4n) is 4.10. The number of alkyl halides is 3. The smallest absolute Gasteiger partial charge is 0.480 e. The third-order valence-electron chi connectivity index (χ3n) is 5.98.